The van der Waals surface area contributed by atoms with E-state index >= 15 is 0 Å². The van der Waals surface area contributed by atoms with Crippen LogP contribution >= 0.6 is 11.6 Å². The van der Waals surface area contributed by atoms with Gasteiger partial charge in [0.1, 0.15) is 5.75 Å². The minimum absolute atomic E-state index is 0.347. The van der Waals surface area contributed by atoms with E-state index in [9.17, 15) is 4.79 Å². The van der Waals surface area contributed by atoms with Crippen LogP contribution in [0.5, 0.6) is 5.75 Å². The molecule has 3 heteroatoms. The molecular weight excluding hydrogens is 164 g/mol. The molecule has 1 rings (SSSR count). The monoisotopic (exact) mass is 169 g/mol. The van der Waals surface area contributed by atoms with Gasteiger partial charge in [0, 0.05) is 0 Å². The second-order valence-corrected chi connectivity index (χ2v) is 2.33. The number of halogens is 1. The second kappa shape index (κ2) is 3.39. The van der Waals surface area contributed by atoms with Crippen molar-refractivity contribution in [1.29, 1.82) is 0 Å². The van der Waals surface area contributed by atoms with Gasteiger partial charge in [0.05, 0.1) is 17.7 Å². The Morgan fingerprint density at radius 2 is 2.27 bits per heavy atom. The first-order valence-electron chi connectivity index (χ1n) is 3.00. The molecule has 0 spiro atoms. The van der Waals surface area contributed by atoms with Gasteiger partial charge < -0.3 is 4.74 Å². The predicted molar refractivity (Wildman–Crippen MR) is 42.8 cm³/mol. The fourth-order valence-corrected chi connectivity index (χ4v) is 1.05. The lowest BCUT2D eigenvalue weighted by molar-refractivity contribution is 0.413. The van der Waals surface area contributed by atoms with E-state index in [2.05, 4.69) is 0 Å². The summed E-state index contributed by atoms with van der Waals surface area (Å²) in [5.41, 5.74) is 0.347. The van der Waals surface area contributed by atoms with Crippen molar-refractivity contribution < 1.29 is 9.53 Å². The molecule has 0 N–H and O–H groups in total. The first-order chi connectivity index (χ1) is 5.29. The van der Waals surface area contributed by atoms with Gasteiger partial charge >= 0.3 is 0 Å². The van der Waals surface area contributed by atoms with Gasteiger partial charge in [-0.1, -0.05) is 17.7 Å². The van der Waals surface area contributed by atoms with Crippen molar-refractivity contribution in [3.8, 4) is 5.75 Å². The summed E-state index contributed by atoms with van der Waals surface area (Å²) in [7, 11) is 1.46. The number of carbonyl (C=O) groups excluding carboxylic acids is 1. The van der Waals surface area contributed by atoms with E-state index in [-0.39, 0.29) is 0 Å². The first-order valence-corrected chi connectivity index (χ1v) is 3.38. The van der Waals surface area contributed by atoms with Gasteiger partial charge in [-0.25, -0.2) is 0 Å². The number of para-hydroxylation sites is 1. The molecule has 0 aromatic heterocycles. The average Bonchev–Trinajstić information content (AvgIpc) is 2.04. The van der Waals surface area contributed by atoms with Gasteiger partial charge in [0.15, 0.2) is 0 Å². The molecule has 2 nitrogen and oxygen atoms in total. The van der Waals surface area contributed by atoms with E-state index in [4.69, 9.17) is 16.3 Å². The lowest BCUT2D eigenvalue weighted by Crippen LogP contribution is -1.90. The van der Waals surface area contributed by atoms with Crippen molar-refractivity contribution in [1.82, 2.24) is 0 Å². The zero-order valence-corrected chi connectivity index (χ0v) is 6.68. The maximum atomic E-state index is 10.3. The molecule has 0 unspecified atom stereocenters. The maximum absolute atomic E-state index is 10.3. The summed E-state index contributed by atoms with van der Waals surface area (Å²) < 4.78 is 4.87. The van der Waals surface area contributed by atoms with E-state index in [1.165, 1.54) is 7.11 Å². The molecule has 0 aliphatic heterocycles. The summed E-state index contributed by atoms with van der Waals surface area (Å²) >= 11 is 5.70. The molecule has 0 saturated heterocycles. The molecule has 57 valence electrons. The molecule has 0 amide bonds. The summed E-state index contributed by atoms with van der Waals surface area (Å²) in [5, 5.41) is 0.424. The molecule has 0 aliphatic rings. The summed E-state index contributed by atoms with van der Waals surface area (Å²) in [6, 6.07) is 4.92. The standard InChI is InChI=1S/C8H6ClO2/c1-11-8-6(5-10)3-2-4-7(8)9/h2-4H,1H3. The minimum Gasteiger partial charge on any atom is -0.494 e. The van der Waals surface area contributed by atoms with Crippen LogP contribution in [0.2, 0.25) is 5.02 Å². The highest BCUT2D eigenvalue weighted by molar-refractivity contribution is 6.32. The molecule has 1 aromatic carbocycles. The van der Waals surface area contributed by atoms with Crippen molar-refractivity contribution in [2.24, 2.45) is 0 Å². The fourth-order valence-electron chi connectivity index (χ4n) is 0.797. The van der Waals surface area contributed by atoms with E-state index in [1.807, 2.05) is 0 Å². The van der Waals surface area contributed by atoms with Gasteiger partial charge in [-0.3, -0.25) is 4.79 Å². The summed E-state index contributed by atoms with van der Waals surface area (Å²) in [6.45, 7) is 0. The minimum atomic E-state index is 0.347. The van der Waals surface area contributed by atoms with Crippen molar-refractivity contribution in [3.63, 3.8) is 0 Å². The van der Waals surface area contributed by atoms with Gasteiger partial charge in [0.2, 0.25) is 6.29 Å². The molecular formula is C8H6ClO2. The molecule has 0 fully saturated rings. The van der Waals surface area contributed by atoms with E-state index < -0.39 is 0 Å². The van der Waals surface area contributed by atoms with Crippen LogP contribution in [0.4, 0.5) is 0 Å². The third kappa shape index (κ3) is 1.52. The van der Waals surface area contributed by atoms with Gasteiger partial charge in [0.25, 0.3) is 0 Å². The van der Waals surface area contributed by atoms with Gasteiger partial charge in [-0.05, 0) is 12.1 Å². The summed E-state index contributed by atoms with van der Waals surface area (Å²) in [6.07, 6.45) is 1.73. The maximum Gasteiger partial charge on any atom is 0.237 e. The number of methoxy groups -OCH3 is 1. The SMILES string of the molecule is COc1c(Cl)cccc1[C]=O. The average molecular weight is 170 g/mol. The summed E-state index contributed by atoms with van der Waals surface area (Å²) in [5.74, 6) is 0.379. The fraction of sp³-hybridized carbons (Fsp3) is 0.125. The molecule has 1 aromatic rings. The second-order valence-electron chi connectivity index (χ2n) is 1.92. The normalized spacial score (nSPS) is 9.27. The number of ether oxygens (including phenoxy) is 1. The van der Waals surface area contributed by atoms with Crippen molar-refractivity contribution in [3.05, 3.63) is 28.8 Å². The van der Waals surface area contributed by atoms with Crippen molar-refractivity contribution in [2.75, 3.05) is 7.11 Å². The lowest BCUT2D eigenvalue weighted by Gasteiger charge is -2.03. The van der Waals surface area contributed by atoms with Crippen LogP contribution in [0.15, 0.2) is 18.2 Å². The zero-order chi connectivity index (χ0) is 8.27. The highest BCUT2D eigenvalue weighted by Crippen LogP contribution is 2.26. The molecule has 0 heterocycles. The Balaban J connectivity index is 3.23. The lowest BCUT2D eigenvalue weighted by atomic mass is 10.2. The molecule has 11 heavy (non-hydrogen) atoms. The van der Waals surface area contributed by atoms with Crippen molar-refractivity contribution >= 4 is 17.9 Å². The Morgan fingerprint density at radius 3 is 2.73 bits per heavy atom. The molecule has 1 radical (unpaired) electrons. The van der Waals surface area contributed by atoms with Gasteiger partial charge in [-0.15, -0.1) is 0 Å². The van der Waals surface area contributed by atoms with Crippen LogP contribution in [0.3, 0.4) is 0 Å². The van der Waals surface area contributed by atoms with Crippen LogP contribution in [-0.4, -0.2) is 13.4 Å². The Labute approximate surface area is 69.7 Å². The van der Waals surface area contributed by atoms with Crippen LogP contribution < -0.4 is 4.74 Å². The Morgan fingerprint density at radius 1 is 1.55 bits per heavy atom. The first kappa shape index (κ1) is 8.08. The van der Waals surface area contributed by atoms with Crippen LogP contribution in [0, 0.1) is 0 Å². The summed E-state index contributed by atoms with van der Waals surface area (Å²) in [4.78, 5) is 10.3. The molecule has 0 bridgehead atoms. The van der Waals surface area contributed by atoms with Crippen LogP contribution in [-0.2, 0) is 4.79 Å². The quantitative estimate of drug-likeness (QED) is 0.675. The highest BCUT2D eigenvalue weighted by Gasteiger charge is 2.05. The van der Waals surface area contributed by atoms with Gasteiger partial charge in [-0.2, -0.15) is 0 Å². The van der Waals surface area contributed by atoms with E-state index in [0.717, 1.165) is 0 Å². The number of hydrogen-bond donors (Lipinski definition) is 0. The smallest absolute Gasteiger partial charge is 0.237 e. The Kier molecular flexibility index (Phi) is 2.49. The van der Waals surface area contributed by atoms with Crippen molar-refractivity contribution in [2.45, 2.75) is 0 Å². The topological polar surface area (TPSA) is 26.3 Å². The largest absolute Gasteiger partial charge is 0.494 e. The Hall–Kier alpha value is -1.02. The van der Waals surface area contributed by atoms with E-state index in [1.54, 1.807) is 24.5 Å². The third-order valence-corrected chi connectivity index (χ3v) is 1.58. The third-order valence-electron chi connectivity index (χ3n) is 1.28. The number of benzene rings is 1. The zero-order valence-electron chi connectivity index (χ0n) is 5.93. The highest BCUT2D eigenvalue weighted by atomic mass is 35.5. The Bertz CT molecular complexity index is 271. The molecule has 0 aliphatic carbocycles. The molecule has 0 saturated carbocycles. The molecule has 0 atom stereocenters. The van der Waals surface area contributed by atoms with E-state index in [0.29, 0.717) is 16.3 Å². The number of hydrogen-bond acceptors (Lipinski definition) is 2. The van der Waals surface area contributed by atoms with Crippen LogP contribution in [0.25, 0.3) is 0 Å². The number of rotatable bonds is 2. The predicted octanol–water partition coefficient (Wildman–Crippen LogP) is 1.81. The van der Waals surface area contributed by atoms with Crippen LogP contribution in [0.1, 0.15) is 5.56 Å².